The number of ether oxygens (including phenoxy) is 1. The predicted octanol–water partition coefficient (Wildman–Crippen LogP) is 5.08. The third-order valence-electron chi connectivity index (χ3n) is 4.33. The molecule has 0 saturated heterocycles. The first-order chi connectivity index (χ1) is 9.76. The number of nitrogens with one attached hydrogen (secondary N) is 1. The van der Waals surface area contributed by atoms with Crippen molar-refractivity contribution in [2.45, 2.75) is 51.5 Å². The zero-order chi connectivity index (χ0) is 14.4. The van der Waals surface area contributed by atoms with Gasteiger partial charge in [0.25, 0.3) is 0 Å². The van der Waals surface area contributed by atoms with Crippen LogP contribution in [0.1, 0.15) is 57.1 Å². The van der Waals surface area contributed by atoms with E-state index in [1.807, 2.05) is 0 Å². The summed E-state index contributed by atoms with van der Waals surface area (Å²) < 4.78 is 6.39. The molecule has 0 spiro atoms. The maximum Gasteiger partial charge on any atom is 0.133 e. The minimum absolute atomic E-state index is 0.473. The highest BCUT2D eigenvalue weighted by Gasteiger charge is 2.24. The summed E-state index contributed by atoms with van der Waals surface area (Å²) >= 11 is 3.61. The Hall–Kier alpha value is -0.540. The van der Waals surface area contributed by atoms with Crippen LogP contribution in [0.2, 0.25) is 0 Å². The van der Waals surface area contributed by atoms with Gasteiger partial charge in [0.2, 0.25) is 0 Å². The lowest BCUT2D eigenvalue weighted by Crippen LogP contribution is -2.28. The third kappa shape index (κ3) is 3.98. The molecule has 3 heteroatoms. The monoisotopic (exact) mass is 339 g/mol. The summed E-state index contributed by atoms with van der Waals surface area (Å²) in [5.41, 5.74) is 1.38. The van der Waals surface area contributed by atoms with Crippen molar-refractivity contribution in [3.8, 4) is 5.75 Å². The van der Waals surface area contributed by atoms with Crippen molar-refractivity contribution in [1.82, 2.24) is 5.32 Å². The number of hydrogen-bond donors (Lipinski definition) is 1. The smallest absolute Gasteiger partial charge is 0.133 e. The molecule has 1 N–H and O–H groups in total. The number of benzene rings is 1. The summed E-state index contributed by atoms with van der Waals surface area (Å²) in [6.07, 6.45) is 8.26. The highest BCUT2D eigenvalue weighted by atomic mass is 79.9. The third-order valence-corrected chi connectivity index (χ3v) is 4.95. The summed E-state index contributed by atoms with van der Waals surface area (Å²) in [5, 5.41) is 3.70. The van der Waals surface area contributed by atoms with Gasteiger partial charge in [-0.2, -0.15) is 0 Å². The minimum Gasteiger partial charge on any atom is -0.496 e. The summed E-state index contributed by atoms with van der Waals surface area (Å²) in [6, 6.07) is 6.97. The van der Waals surface area contributed by atoms with E-state index in [4.69, 9.17) is 4.74 Å². The fourth-order valence-corrected chi connectivity index (χ4v) is 3.86. The lowest BCUT2D eigenvalue weighted by Gasteiger charge is -2.28. The Morgan fingerprint density at radius 1 is 1.25 bits per heavy atom. The van der Waals surface area contributed by atoms with Gasteiger partial charge in [-0.1, -0.05) is 38.7 Å². The van der Waals surface area contributed by atoms with Gasteiger partial charge in [0.1, 0.15) is 5.75 Å². The molecule has 1 aliphatic rings. The average Bonchev–Trinajstić information content (AvgIpc) is 2.73. The zero-order valence-corrected chi connectivity index (χ0v) is 14.2. The first-order valence-corrected chi connectivity index (χ1v) is 8.62. The zero-order valence-electron chi connectivity index (χ0n) is 12.6. The molecule has 2 nitrogen and oxygen atoms in total. The van der Waals surface area contributed by atoms with Crippen molar-refractivity contribution in [2.24, 2.45) is 5.92 Å². The van der Waals surface area contributed by atoms with Crippen LogP contribution >= 0.6 is 15.9 Å². The van der Waals surface area contributed by atoms with Crippen LogP contribution in [0.4, 0.5) is 0 Å². The number of methoxy groups -OCH3 is 1. The summed E-state index contributed by atoms with van der Waals surface area (Å²) in [6.45, 7) is 3.22. The normalized spacial score (nSPS) is 18.6. The Labute approximate surface area is 131 Å². The van der Waals surface area contributed by atoms with Crippen LogP contribution in [-0.4, -0.2) is 13.7 Å². The molecule has 1 atom stereocenters. The molecule has 0 heterocycles. The lowest BCUT2D eigenvalue weighted by atomic mass is 9.87. The first-order valence-electron chi connectivity index (χ1n) is 7.83. The van der Waals surface area contributed by atoms with Gasteiger partial charge in [-0.05, 0) is 58.9 Å². The molecule has 0 aromatic heterocycles. The number of rotatable bonds is 5. The fraction of sp³-hybridized carbons (Fsp3) is 0.647. The SMILES string of the molecule is CCNC(c1ccc(OC)c(Br)c1)C1CCCCCC1. The average molecular weight is 340 g/mol. The van der Waals surface area contributed by atoms with Crippen molar-refractivity contribution in [2.75, 3.05) is 13.7 Å². The van der Waals surface area contributed by atoms with Crippen molar-refractivity contribution in [1.29, 1.82) is 0 Å². The molecule has 0 aliphatic heterocycles. The van der Waals surface area contributed by atoms with Crippen LogP contribution in [0.25, 0.3) is 0 Å². The molecular weight excluding hydrogens is 314 g/mol. The first kappa shape index (κ1) is 15.8. The molecular formula is C17H26BrNO. The Balaban J connectivity index is 2.20. The van der Waals surface area contributed by atoms with Crippen molar-refractivity contribution in [3.05, 3.63) is 28.2 Å². The van der Waals surface area contributed by atoms with Gasteiger partial charge in [-0.3, -0.25) is 0 Å². The molecule has 1 fully saturated rings. The van der Waals surface area contributed by atoms with E-state index in [9.17, 15) is 0 Å². The van der Waals surface area contributed by atoms with Crippen LogP contribution in [0.5, 0.6) is 5.75 Å². The molecule has 1 unspecified atom stereocenters. The van der Waals surface area contributed by atoms with Gasteiger partial charge >= 0.3 is 0 Å². The quantitative estimate of drug-likeness (QED) is 0.755. The van der Waals surface area contributed by atoms with Crippen LogP contribution in [0, 0.1) is 5.92 Å². The molecule has 1 aromatic rings. The molecule has 0 radical (unpaired) electrons. The Bertz CT molecular complexity index is 413. The Morgan fingerprint density at radius 3 is 2.50 bits per heavy atom. The van der Waals surface area contributed by atoms with E-state index >= 15 is 0 Å². The number of hydrogen-bond acceptors (Lipinski definition) is 2. The largest absolute Gasteiger partial charge is 0.496 e. The second-order valence-electron chi connectivity index (χ2n) is 5.68. The second-order valence-corrected chi connectivity index (χ2v) is 6.54. The Kier molecular flexibility index (Phi) is 6.37. The molecule has 0 amide bonds. The van der Waals surface area contributed by atoms with Crippen LogP contribution in [-0.2, 0) is 0 Å². The van der Waals surface area contributed by atoms with Crippen molar-refractivity contribution >= 4 is 15.9 Å². The summed E-state index contributed by atoms with van der Waals surface area (Å²) in [5.74, 6) is 1.67. The van der Waals surface area contributed by atoms with Gasteiger partial charge in [0, 0.05) is 6.04 Å². The van der Waals surface area contributed by atoms with Gasteiger partial charge in [0.05, 0.1) is 11.6 Å². The maximum absolute atomic E-state index is 5.34. The van der Waals surface area contributed by atoms with E-state index in [0.29, 0.717) is 6.04 Å². The van der Waals surface area contributed by atoms with Crippen LogP contribution in [0.3, 0.4) is 0 Å². The highest BCUT2D eigenvalue weighted by Crippen LogP contribution is 2.36. The van der Waals surface area contributed by atoms with E-state index < -0.39 is 0 Å². The maximum atomic E-state index is 5.34. The van der Waals surface area contributed by atoms with Crippen molar-refractivity contribution < 1.29 is 4.74 Å². The van der Waals surface area contributed by atoms with E-state index in [2.05, 4.69) is 46.4 Å². The van der Waals surface area contributed by atoms with E-state index in [1.165, 1.54) is 44.1 Å². The number of halogens is 1. The highest BCUT2D eigenvalue weighted by molar-refractivity contribution is 9.10. The topological polar surface area (TPSA) is 21.3 Å². The predicted molar refractivity (Wildman–Crippen MR) is 88.3 cm³/mol. The van der Waals surface area contributed by atoms with Crippen LogP contribution < -0.4 is 10.1 Å². The molecule has 2 rings (SSSR count). The lowest BCUT2D eigenvalue weighted by molar-refractivity contribution is 0.329. The molecule has 112 valence electrons. The molecule has 20 heavy (non-hydrogen) atoms. The molecule has 1 aliphatic carbocycles. The molecule has 1 aromatic carbocycles. The Morgan fingerprint density at radius 2 is 1.95 bits per heavy atom. The second kappa shape index (κ2) is 8.04. The van der Waals surface area contributed by atoms with Gasteiger partial charge in [-0.15, -0.1) is 0 Å². The molecule has 1 saturated carbocycles. The van der Waals surface area contributed by atoms with Crippen LogP contribution in [0.15, 0.2) is 22.7 Å². The molecule has 0 bridgehead atoms. The van der Waals surface area contributed by atoms with Gasteiger partial charge in [0.15, 0.2) is 0 Å². The van der Waals surface area contributed by atoms with Gasteiger partial charge in [-0.25, -0.2) is 0 Å². The van der Waals surface area contributed by atoms with Crippen molar-refractivity contribution in [3.63, 3.8) is 0 Å². The van der Waals surface area contributed by atoms with E-state index in [0.717, 1.165) is 22.7 Å². The fourth-order valence-electron chi connectivity index (χ4n) is 3.30. The standard InChI is InChI=1S/C17H26BrNO/c1-3-19-17(13-8-6-4-5-7-9-13)14-10-11-16(20-2)15(18)12-14/h10-13,17,19H,3-9H2,1-2H3. The summed E-state index contributed by atoms with van der Waals surface area (Å²) in [7, 11) is 1.72. The minimum atomic E-state index is 0.473. The van der Waals surface area contributed by atoms with Gasteiger partial charge < -0.3 is 10.1 Å². The summed E-state index contributed by atoms with van der Waals surface area (Å²) in [4.78, 5) is 0. The van der Waals surface area contributed by atoms with E-state index in [-0.39, 0.29) is 0 Å². The van der Waals surface area contributed by atoms with E-state index in [1.54, 1.807) is 7.11 Å².